The van der Waals surface area contributed by atoms with Crippen LogP contribution in [0.4, 0.5) is 0 Å². The number of nitrogens with zero attached hydrogens (tertiary/aromatic N) is 2. The van der Waals surface area contributed by atoms with E-state index in [4.69, 9.17) is 15.1 Å². The van der Waals surface area contributed by atoms with Crippen LogP contribution in [0.5, 0.6) is 0 Å². The smallest absolute Gasteiger partial charge is 0.305 e. The van der Waals surface area contributed by atoms with Crippen molar-refractivity contribution in [3.05, 3.63) is 16.3 Å². The first kappa shape index (κ1) is 14.9. The summed E-state index contributed by atoms with van der Waals surface area (Å²) in [5, 5.41) is 19.3. The summed E-state index contributed by atoms with van der Waals surface area (Å²) in [7, 11) is -3.88. The van der Waals surface area contributed by atoms with Crippen LogP contribution in [0.3, 0.4) is 0 Å². The molecule has 20 heavy (non-hydrogen) atoms. The van der Waals surface area contributed by atoms with Gasteiger partial charge in [-0.05, 0) is 11.4 Å². The number of carboxylic acids is 1. The lowest BCUT2D eigenvalue weighted by atomic mass is 10.2. The average molecular weight is 316 g/mol. The molecule has 1 N–H and O–H groups in total. The van der Waals surface area contributed by atoms with Crippen LogP contribution >= 0.6 is 11.3 Å². The van der Waals surface area contributed by atoms with Gasteiger partial charge in [0.25, 0.3) is 0 Å². The molecule has 0 spiro atoms. The van der Waals surface area contributed by atoms with E-state index in [0.717, 1.165) is 15.6 Å². The maximum Gasteiger partial charge on any atom is 0.305 e. The second-order valence-electron chi connectivity index (χ2n) is 4.17. The van der Waals surface area contributed by atoms with Gasteiger partial charge in [0.15, 0.2) is 0 Å². The van der Waals surface area contributed by atoms with E-state index < -0.39 is 22.0 Å². The summed E-state index contributed by atoms with van der Waals surface area (Å²) in [6.45, 7) is 0.333. The molecule has 0 radical (unpaired) electrons. The van der Waals surface area contributed by atoms with Crippen molar-refractivity contribution >= 4 is 27.3 Å². The van der Waals surface area contributed by atoms with Gasteiger partial charge in [0.1, 0.15) is 15.8 Å². The number of sulfonamides is 1. The summed E-state index contributed by atoms with van der Waals surface area (Å²) in [6.07, 6.45) is -0.328. The normalized spacial score (nSPS) is 20.4. The first-order valence-corrected chi connectivity index (χ1v) is 8.07. The Bertz CT molecular complexity index is 646. The lowest BCUT2D eigenvalue weighted by Gasteiger charge is -2.33. The van der Waals surface area contributed by atoms with Crippen LogP contribution in [-0.2, 0) is 19.6 Å². The molecule has 0 amide bonds. The molecule has 2 heterocycles. The van der Waals surface area contributed by atoms with Crippen molar-refractivity contribution < 1.29 is 23.1 Å². The number of aliphatic carboxylic acids is 1. The topological polar surface area (TPSA) is 108 Å². The second kappa shape index (κ2) is 5.88. The Labute approximate surface area is 120 Å². The molecule has 1 unspecified atom stereocenters. The predicted molar refractivity (Wildman–Crippen MR) is 69.8 cm³/mol. The highest BCUT2D eigenvalue weighted by atomic mass is 32.2. The minimum absolute atomic E-state index is 0.0392. The number of rotatable bonds is 4. The molecule has 1 atom stereocenters. The van der Waals surface area contributed by atoms with Crippen LogP contribution in [0.25, 0.3) is 0 Å². The summed E-state index contributed by atoms with van der Waals surface area (Å²) in [5.74, 6) is -1.09. The summed E-state index contributed by atoms with van der Waals surface area (Å²) in [5.41, 5.74) is 0. The van der Waals surface area contributed by atoms with Crippen molar-refractivity contribution in [2.45, 2.75) is 17.4 Å². The fourth-order valence-corrected chi connectivity index (χ4v) is 4.77. The van der Waals surface area contributed by atoms with Crippen molar-refractivity contribution in [3.8, 4) is 6.07 Å². The summed E-state index contributed by atoms with van der Waals surface area (Å²) < 4.78 is 31.4. The predicted octanol–water partition coefficient (Wildman–Crippen LogP) is 0.484. The Morgan fingerprint density at radius 1 is 1.65 bits per heavy atom. The number of hydrogen-bond acceptors (Lipinski definition) is 6. The molecule has 9 heteroatoms. The lowest BCUT2D eigenvalue weighted by molar-refractivity contribution is -0.139. The average Bonchev–Trinajstić information content (AvgIpc) is 2.87. The Kier molecular flexibility index (Phi) is 4.39. The van der Waals surface area contributed by atoms with E-state index in [9.17, 15) is 13.2 Å². The Balaban J connectivity index is 2.36. The third-order valence-corrected chi connectivity index (χ3v) is 5.84. The van der Waals surface area contributed by atoms with Gasteiger partial charge in [-0.3, -0.25) is 4.79 Å². The van der Waals surface area contributed by atoms with Gasteiger partial charge in [-0.25, -0.2) is 8.42 Å². The van der Waals surface area contributed by atoms with E-state index >= 15 is 0 Å². The minimum atomic E-state index is -3.88. The molecule has 1 aliphatic heterocycles. The zero-order valence-corrected chi connectivity index (χ0v) is 12.0. The summed E-state index contributed by atoms with van der Waals surface area (Å²) in [4.78, 5) is 10.9. The molecular formula is C11H12N2O5S2. The Morgan fingerprint density at radius 3 is 3.05 bits per heavy atom. The first-order valence-electron chi connectivity index (χ1n) is 5.76. The van der Waals surface area contributed by atoms with Crippen LogP contribution in [0.15, 0.2) is 16.3 Å². The quantitative estimate of drug-likeness (QED) is 0.866. The number of hydrogen-bond donors (Lipinski definition) is 1. The van der Waals surface area contributed by atoms with Gasteiger partial charge < -0.3 is 9.84 Å². The Hall–Kier alpha value is -1.47. The summed E-state index contributed by atoms with van der Waals surface area (Å²) in [6, 6.07) is 2.46. The van der Waals surface area contributed by atoms with E-state index in [2.05, 4.69) is 0 Å². The number of carboxylic acid groups (broad SMARTS) is 1. The zero-order chi connectivity index (χ0) is 14.8. The van der Waals surface area contributed by atoms with Crippen molar-refractivity contribution in [1.82, 2.24) is 4.31 Å². The minimum Gasteiger partial charge on any atom is -0.481 e. The Morgan fingerprint density at radius 2 is 2.40 bits per heavy atom. The SMILES string of the molecule is N#Cc1sccc1S(=O)(=O)N1CCOCC1CC(=O)O. The molecule has 0 aromatic carbocycles. The third kappa shape index (κ3) is 2.83. The van der Waals surface area contributed by atoms with Gasteiger partial charge >= 0.3 is 5.97 Å². The standard InChI is InChI=1S/C11H12N2O5S2/c12-6-9-10(1-4-19-9)20(16,17)13-2-3-18-7-8(13)5-11(14)15/h1,4,8H,2-3,5,7H2,(H,14,15). The number of ether oxygens (including phenoxy) is 1. The molecule has 0 saturated carbocycles. The molecule has 1 aromatic heterocycles. The fraction of sp³-hybridized carbons (Fsp3) is 0.455. The molecule has 1 aromatic rings. The highest BCUT2D eigenvalue weighted by molar-refractivity contribution is 7.89. The van der Waals surface area contributed by atoms with E-state index in [1.165, 1.54) is 11.4 Å². The lowest BCUT2D eigenvalue weighted by Crippen LogP contribution is -2.49. The number of morpholine rings is 1. The molecule has 1 fully saturated rings. The molecule has 1 saturated heterocycles. The fourth-order valence-electron chi connectivity index (χ4n) is 2.03. The van der Waals surface area contributed by atoms with E-state index in [-0.39, 0.29) is 36.0 Å². The van der Waals surface area contributed by atoms with Crippen LogP contribution in [0.2, 0.25) is 0 Å². The van der Waals surface area contributed by atoms with Gasteiger partial charge in [-0.1, -0.05) is 0 Å². The van der Waals surface area contributed by atoms with E-state index in [1.54, 1.807) is 0 Å². The largest absolute Gasteiger partial charge is 0.481 e. The number of thiophene rings is 1. The highest BCUT2D eigenvalue weighted by Gasteiger charge is 2.36. The van der Waals surface area contributed by atoms with Crippen molar-refractivity contribution in [2.24, 2.45) is 0 Å². The van der Waals surface area contributed by atoms with Crippen LogP contribution < -0.4 is 0 Å². The van der Waals surface area contributed by atoms with E-state index in [0.29, 0.717) is 0 Å². The molecule has 7 nitrogen and oxygen atoms in total. The van der Waals surface area contributed by atoms with Gasteiger partial charge in [-0.2, -0.15) is 9.57 Å². The van der Waals surface area contributed by atoms with Crippen molar-refractivity contribution in [3.63, 3.8) is 0 Å². The van der Waals surface area contributed by atoms with Gasteiger partial charge in [-0.15, -0.1) is 11.3 Å². The van der Waals surface area contributed by atoms with E-state index in [1.807, 2.05) is 6.07 Å². The highest BCUT2D eigenvalue weighted by Crippen LogP contribution is 2.27. The van der Waals surface area contributed by atoms with Crippen LogP contribution in [0.1, 0.15) is 11.3 Å². The van der Waals surface area contributed by atoms with Gasteiger partial charge in [0.05, 0.1) is 25.7 Å². The molecule has 2 rings (SSSR count). The summed E-state index contributed by atoms with van der Waals surface area (Å²) >= 11 is 1.04. The molecular weight excluding hydrogens is 304 g/mol. The van der Waals surface area contributed by atoms with Crippen molar-refractivity contribution in [2.75, 3.05) is 19.8 Å². The maximum atomic E-state index is 12.6. The molecule has 108 valence electrons. The molecule has 0 bridgehead atoms. The molecule has 0 aliphatic carbocycles. The zero-order valence-electron chi connectivity index (χ0n) is 10.4. The van der Waals surface area contributed by atoms with Gasteiger partial charge in [0, 0.05) is 6.54 Å². The molecule has 1 aliphatic rings. The van der Waals surface area contributed by atoms with Crippen LogP contribution in [-0.4, -0.2) is 49.6 Å². The number of carbonyl (C=O) groups is 1. The third-order valence-electron chi connectivity index (χ3n) is 2.90. The first-order chi connectivity index (χ1) is 9.46. The van der Waals surface area contributed by atoms with Crippen molar-refractivity contribution in [1.29, 1.82) is 5.26 Å². The van der Waals surface area contributed by atoms with Crippen LogP contribution in [0, 0.1) is 11.3 Å². The number of nitriles is 1. The van der Waals surface area contributed by atoms with Gasteiger partial charge in [0.2, 0.25) is 10.0 Å². The maximum absolute atomic E-state index is 12.6. The monoisotopic (exact) mass is 316 g/mol. The second-order valence-corrected chi connectivity index (χ2v) is 6.94.